The minimum Gasteiger partial charge on any atom is -0.454 e. The molecule has 0 radical (unpaired) electrons. The number of fused-ring (bicyclic) bond motifs is 1. The smallest absolute Gasteiger partial charge is 0.272 e. The van der Waals surface area contributed by atoms with Gasteiger partial charge < -0.3 is 24.8 Å². The molecule has 7 heteroatoms. The Balaban J connectivity index is 1.79. The predicted octanol–water partition coefficient (Wildman–Crippen LogP) is 1.68. The van der Waals surface area contributed by atoms with Crippen LogP contribution in [0.25, 0.3) is 0 Å². The highest BCUT2D eigenvalue weighted by Crippen LogP contribution is 2.32. The van der Waals surface area contributed by atoms with Gasteiger partial charge in [-0.2, -0.15) is 0 Å². The zero-order valence-electron chi connectivity index (χ0n) is 13.4. The fourth-order valence-electron chi connectivity index (χ4n) is 2.44. The first-order chi connectivity index (χ1) is 11.7. The van der Waals surface area contributed by atoms with Gasteiger partial charge in [0.25, 0.3) is 5.91 Å². The van der Waals surface area contributed by atoms with Crippen molar-refractivity contribution in [1.82, 2.24) is 9.88 Å². The Kier molecular flexibility index (Phi) is 4.81. The molecule has 0 saturated heterocycles. The van der Waals surface area contributed by atoms with Crippen molar-refractivity contribution in [2.24, 2.45) is 0 Å². The van der Waals surface area contributed by atoms with Gasteiger partial charge >= 0.3 is 0 Å². The van der Waals surface area contributed by atoms with Gasteiger partial charge in [-0.15, -0.1) is 0 Å². The first kappa shape index (κ1) is 16.1. The van der Waals surface area contributed by atoms with Crippen LogP contribution in [0.1, 0.15) is 16.1 Å². The van der Waals surface area contributed by atoms with Gasteiger partial charge in [0.2, 0.25) is 6.79 Å². The minimum absolute atomic E-state index is 0.197. The molecule has 126 valence electrons. The summed E-state index contributed by atoms with van der Waals surface area (Å²) in [5.74, 6) is 1.21. The van der Waals surface area contributed by atoms with Crippen LogP contribution in [0.15, 0.2) is 36.5 Å². The largest absolute Gasteiger partial charge is 0.454 e. The molecule has 1 aliphatic rings. The van der Waals surface area contributed by atoms with E-state index in [4.69, 9.17) is 19.9 Å². The standard InChI is InChI=1S/C17H19N3O4/c1-22-7-6-20(17(21)14-9-13(18)4-5-19-14)10-12-2-3-15-16(8-12)24-11-23-15/h2-5,8-9H,6-7,10-11H2,1H3,(H2,18,19). The first-order valence-electron chi connectivity index (χ1n) is 7.55. The molecule has 0 aliphatic carbocycles. The van der Waals surface area contributed by atoms with Gasteiger partial charge in [-0.3, -0.25) is 9.78 Å². The van der Waals surface area contributed by atoms with E-state index in [1.165, 1.54) is 6.20 Å². The second-order valence-electron chi connectivity index (χ2n) is 5.38. The molecule has 1 aromatic carbocycles. The van der Waals surface area contributed by atoms with Crippen LogP contribution in [0.2, 0.25) is 0 Å². The molecule has 1 amide bonds. The number of nitrogen functional groups attached to an aromatic ring is 1. The van der Waals surface area contributed by atoms with Gasteiger partial charge in [0.1, 0.15) is 5.69 Å². The van der Waals surface area contributed by atoms with Gasteiger partial charge in [-0.25, -0.2) is 0 Å². The molecule has 0 atom stereocenters. The predicted molar refractivity (Wildman–Crippen MR) is 87.8 cm³/mol. The number of carbonyl (C=O) groups is 1. The van der Waals surface area contributed by atoms with Crippen molar-refractivity contribution in [1.29, 1.82) is 0 Å². The Labute approximate surface area is 139 Å². The summed E-state index contributed by atoms with van der Waals surface area (Å²) < 4.78 is 15.8. The van der Waals surface area contributed by atoms with Crippen LogP contribution in [-0.2, 0) is 11.3 Å². The summed E-state index contributed by atoms with van der Waals surface area (Å²) in [6, 6.07) is 8.85. The maximum Gasteiger partial charge on any atom is 0.272 e. The molecule has 0 unspecified atom stereocenters. The van der Waals surface area contributed by atoms with Crippen molar-refractivity contribution in [3.8, 4) is 11.5 Å². The van der Waals surface area contributed by atoms with Crippen molar-refractivity contribution in [3.63, 3.8) is 0 Å². The second kappa shape index (κ2) is 7.18. The third kappa shape index (κ3) is 3.57. The highest BCUT2D eigenvalue weighted by Gasteiger charge is 2.19. The molecule has 24 heavy (non-hydrogen) atoms. The number of anilines is 1. The molecular formula is C17H19N3O4. The van der Waals surface area contributed by atoms with E-state index >= 15 is 0 Å². The van der Waals surface area contributed by atoms with E-state index in [1.807, 2.05) is 18.2 Å². The summed E-state index contributed by atoms with van der Waals surface area (Å²) in [5, 5.41) is 0. The van der Waals surface area contributed by atoms with E-state index in [0.29, 0.717) is 42.6 Å². The molecule has 2 N–H and O–H groups in total. The quantitative estimate of drug-likeness (QED) is 0.868. The van der Waals surface area contributed by atoms with E-state index in [-0.39, 0.29) is 12.7 Å². The fourth-order valence-corrected chi connectivity index (χ4v) is 2.44. The Morgan fingerprint density at radius 1 is 1.29 bits per heavy atom. The number of aromatic nitrogens is 1. The molecule has 0 spiro atoms. The molecule has 1 aromatic heterocycles. The average molecular weight is 329 g/mol. The van der Waals surface area contributed by atoms with E-state index in [2.05, 4.69) is 4.98 Å². The van der Waals surface area contributed by atoms with E-state index in [9.17, 15) is 4.79 Å². The van der Waals surface area contributed by atoms with Crippen LogP contribution in [0.5, 0.6) is 11.5 Å². The van der Waals surface area contributed by atoms with E-state index in [0.717, 1.165) is 5.56 Å². The Hall–Kier alpha value is -2.80. The van der Waals surface area contributed by atoms with Crippen molar-refractivity contribution >= 4 is 11.6 Å². The Bertz CT molecular complexity index is 736. The fraction of sp³-hybridized carbons (Fsp3) is 0.294. The third-order valence-electron chi connectivity index (χ3n) is 3.67. The van der Waals surface area contributed by atoms with Crippen molar-refractivity contribution in [2.45, 2.75) is 6.54 Å². The lowest BCUT2D eigenvalue weighted by atomic mass is 10.1. The molecule has 1 aliphatic heterocycles. The summed E-state index contributed by atoms with van der Waals surface area (Å²) in [6.45, 7) is 1.51. The van der Waals surface area contributed by atoms with Crippen molar-refractivity contribution in [3.05, 3.63) is 47.8 Å². The molecule has 2 aromatic rings. The maximum atomic E-state index is 12.7. The van der Waals surface area contributed by atoms with Gasteiger partial charge in [0.15, 0.2) is 11.5 Å². The highest BCUT2D eigenvalue weighted by atomic mass is 16.7. The van der Waals surface area contributed by atoms with E-state index < -0.39 is 0 Å². The number of nitrogens with two attached hydrogens (primary N) is 1. The zero-order chi connectivity index (χ0) is 16.9. The maximum absolute atomic E-state index is 12.7. The number of carbonyl (C=O) groups excluding carboxylic acids is 1. The Morgan fingerprint density at radius 2 is 2.12 bits per heavy atom. The highest BCUT2D eigenvalue weighted by molar-refractivity contribution is 5.93. The van der Waals surface area contributed by atoms with Crippen LogP contribution in [0.3, 0.4) is 0 Å². The van der Waals surface area contributed by atoms with E-state index in [1.54, 1.807) is 24.1 Å². The number of hydrogen-bond acceptors (Lipinski definition) is 6. The number of methoxy groups -OCH3 is 1. The summed E-state index contributed by atoms with van der Waals surface area (Å²) >= 11 is 0. The lowest BCUT2D eigenvalue weighted by molar-refractivity contribution is 0.0674. The first-order valence-corrected chi connectivity index (χ1v) is 7.55. The van der Waals surface area contributed by atoms with Crippen molar-refractivity contribution < 1.29 is 19.0 Å². The number of pyridine rings is 1. The lowest BCUT2D eigenvalue weighted by Gasteiger charge is -2.22. The Morgan fingerprint density at radius 3 is 2.92 bits per heavy atom. The average Bonchev–Trinajstić information content (AvgIpc) is 3.05. The molecule has 3 rings (SSSR count). The summed E-state index contributed by atoms with van der Waals surface area (Å²) in [7, 11) is 1.60. The molecular weight excluding hydrogens is 310 g/mol. The van der Waals surface area contributed by atoms with Gasteiger partial charge in [0.05, 0.1) is 6.61 Å². The zero-order valence-corrected chi connectivity index (χ0v) is 13.4. The number of hydrogen-bond donors (Lipinski definition) is 1. The van der Waals surface area contributed by atoms with Crippen LogP contribution < -0.4 is 15.2 Å². The monoisotopic (exact) mass is 329 g/mol. The number of amides is 1. The number of ether oxygens (including phenoxy) is 3. The van der Waals surface area contributed by atoms with Crippen LogP contribution in [-0.4, -0.2) is 42.8 Å². The summed E-state index contributed by atoms with van der Waals surface area (Å²) in [6.07, 6.45) is 1.53. The number of nitrogens with zero attached hydrogens (tertiary/aromatic N) is 2. The summed E-state index contributed by atoms with van der Waals surface area (Å²) in [5.41, 5.74) is 7.50. The molecule has 0 bridgehead atoms. The van der Waals surface area contributed by atoms with Gasteiger partial charge in [-0.05, 0) is 29.8 Å². The van der Waals surface area contributed by atoms with Crippen LogP contribution in [0.4, 0.5) is 5.69 Å². The van der Waals surface area contributed by atoms with Crippen molar-refractivity contribution in [2.75, 3.05) is 32.8 Å². The minimum atomic E-state index is -0.197. The van der Waals surface area contributed by atoms with Crippen LogP contribution in [0, 0.1) is 0 Å². The van der Waals surface area contributed by atoms with Gasteiger partial charge in [-0.1, -0.05) is 6.07 Å². The van der Waals surface area contributed by atoms with Gasteiger partial charge in [0, 0.05) is 32.1 Å². The number of rotatable bonds is 6. The third-order valence-corrected chi connectivity index (χ3v) is 3.67. The normalized spacial score (nSPS) is 12.2. The lowest BCUT2D eigenvalue weighted by Crippen LogP contribution is -2.34. The van der Waals surface area contributed by atoms with Crippen LogP contribution >= 0.6 is 0 Å². The summed E-state index contributed by atoms with van der Waals surface area (Å²) in [4.78, 5) is 18.5. The number of benzene rings is 1. The molecule has 0 saturated carbocycles. The second-order valence-corrected chi connectivity index (χ2v) is 5.38. The molecule has 0 fully saturated rings. The molecule has 2 heterocycles. The molecule has 7 nitrogen and oxygen atoms in total. The topological polar surface area (TPSA) is 86.9 Å². The SMILES string of the molecule is COCCN(Cc1ccc2c(c1)OCO2)C(=O)c1cc(N)ccn1.